The smallest absolute Gasteiger partial charge is 0.327 e. The van der Waals surface area contributed by atoms with Crippen LogP contribution in [-0.2, 0) is 35.6 Å². The highest BCUT2D eigenvalue weighted by Crippen LogP contribution is 2.40. The zero-order valence-corrected chi connectivity index (χ0v) is 45.0. The number of carbonyl (C=O) groups is 6. The predicted molar refractivity (Wildman–Crippen MR) is 293 cm³/mol. The van der Waals surface area contributed by atoms with E-state index in [-0.39, 0.29) is 81.1 Å². The topological polar surface area (TPSA) is 295 Å². The summed E-state index contributed by atoms with van der Waals surface area (Å²) in [6, 6.07) is 17.3. The number of methoxy groups -OCH3 is 2. The third-order valence-corrected chi connectivity index (χ3v) is 13.9. The Hall–Kier alpha value is -8.76. The summed E-state index contributed by atoms with van der Waals surface area (Å²) >= 11 is 0. The number of hydrogen-bond acceptors (Lipinski definition) is 16. The Morgan fingerprint density at radius 3 is 1.47 bits per heavy atom. The van der Waals surface area contributed by atoms with Gasteiger partial charge in [0.15, 0.2) is 23.0 Å². The minimum absolute atomic E-state index is 0.0809. The fraction of sp³-hybridized carbons (Fsp3) is 0.357. The fourth-order valence-corrected chi connectivity index (χ4v) is 9.37. The number of pyridine rings is 2. The molecule has 0 atom stereocenters. The van der Waals surface area contributed by atoms with Gasteiger partial charge in [-0.15, -0.1) is 0 Å². The molecule has 8 rings (SSSR count). The number of rotatable bonds is 22. The number of aliphatic hydroxyl groups excluding tert-OH is 2. The highest BCUT2D eigenvalue weighted by Gasteiger charge is 2.48. The number of nitrogens with two attached hydrogens (primary N) is 2. The van der Waals surface area contributed by atoms with Crippen molar-refractivity contribution in [3.8, 4) is 23.0 Å². The zero-order chi connectivity index (χ0) is 56.6. The maximum atomic E-state index is 12.6. The molecular weight excluding hydrogens is 1000 g/mol. The summed E-state index contributed by atoms with van der Waals surface area (Å²) in [6.07, 6.45) is 5.01. The minimum Gasteiger partial charge on any atom is -0.493 e. The SMILES string of the molecule is CCc1c(CO)cccc1Nc1c(C(N)=O)cnc2cc(OCCCN3C(=O)CN(C)C3=O)c(OC)cc12.CCc1c(CO)cccc1Nc1c(C(N)=O)cnc2cc(OCCCN3C(=O)N(C)C(C)(C)C3=O)c(OC)cc12. The summed E-state index contributed by atoms with van der Waals surface area (Å²) in [5.74, 6) is -0.0858. The molecule has 2 fully saturated rings. The van der Waals surface area contributed by atoms with Crippen molar-refractivity contribution in [1.29, 1.82) is 0 Å². The van der Waals surface area contributed by atoms with E-state index in [1.54, 1.807) is 52.2 Å². The first kappa shape index (κ1) is 57.0. The summed E-state index contributed by atoms with van der Waals surface area (Å²) in [5.41, 5.74) is 17.8. The average Bonchev–Trinajstić information content (AvgIpc) is 3.87. The lowest BCUT2D eigenvalue weighted by atomic mass is 10.0. The van der Waals surface area contributed by atoms with Gasteiger partial charge < -0.3 is 61.1 Å². The van der Waals surface area contributed by atoms with E-state index in [4.69, 9.17) is 30.4 Å². The van der Waals surface area contributed by atoms with Crippen molar-refractivity contribution in [2.75, 3.05) is 71.8 Å². The van der Waals surface area contributed by atoms with Crippen molar-refractivity contribution in [2.24, 2.45) is 11.5 Å². The second kappa shape index (κ2) is 24.5. The number of aromatic nitrogens is 2. The van der Waals surface area contributed by atoms with Crippen molar-refractivity contribution in [1.82, 2.24) is 29.6 Å². The largest absolute Gasteiger partial charge is 0.493 e. The van der Waals surface area contributed by atoms with Crippen molar-refractivity contribution in [2.45, 2.75) is 72.1 Å². The number of nitrogens with one attached hydrogen (secondary N) is 2. The van der Waals surface area contributed by atoms with Gasteiger partial charge in [0.05, 0.1) is 74.2 Å². The number of amides is 8. The van der Waals surface area contributed by atoms with Gasteiger partial charge in [-0.05, 0) is 86.1 Å². The normalized spacial score (nSPS) is 14.0. The Kier molecular flexibility index (Phi) is 17.9. The van der Waals surface area contributed by atoms with E-state index < -0.39 is 17.4 Å². The van der Waals surface area contributed by atoms with E-state index >= 15 is 0 Å². The Morgan fingerprint density at radius 2 is 1.12 bits per heavy atom. The first-order chi connectivity index (χ1) is 37.3. The van der Waals surface area contributed by atoms with E-state index in [0.717, 1.165) is 33.6 Å². The molecule has 0 saturated carbocycles. The van der Waals surface area contributed by atoms with Crippen LogP contribution in [0.5, 0.6) is 23.0 Å². The summed E-state index contributed by atoms with van der Waals surface area (Å²) in [6.45, 7) is 8.21. The molecule has 8 amide bonds. The van der Waals surface area contributed by atoms with E-state index in [1.165, 1.54) is 46.2 Å². The molecule has 2 aliphatic rings. The maximum absolute atomic E-state index is 12.6. The molecular formula is C56H66N10O12. The van der Waals surface area contributed by atoms with Crippen LogP contribution in [0.25, 0.3) is 21.8 Å². The van der Waals surface area contributed by atoms with Crippen LogP contribution in [0.15, 0.2) is 73.1 Å². The predicted octanol–water partition coefficient (Wildman–Crippen LogP) is 6.39. The molecule has 78 heavy (non-hydrogen) atoms. The number of aliphatic hydroxyl groups is 2. The first-order valence-electron chi connectivity index (χ1n) is 25.3. The standard InChI is InChI=1S/C29H35N5O6.C27H31N5O6/c1-6-18-17(16-35)9-7-10-21(18)32-25-19-13-23(39-5)24(14-22(19)31-15-20(25)26(30)36)40-12-8-11-34-27(37)29(2,3)33(4)28(34)38;1-4-17-16(15-33)7-5-8-20(17)30-25-18-11-22(37-3)23(12-21(18)29-13-19(25)26(28)35)38-10-6-9-32-24(34)14-31(2)27(32)36/h7,9-10,13-15,35H,6,8,11-12,16H2,1-5H3,(H2,30,36)(H,31,32);5,7-8,11-13,33H,4,6,9-10,14-15H2,1-3H3,(H2,28,35)(H,29,30). The van der Waals surface area contributed by atoms with Crippen LogP contribution in [0.4, 0.5) is 32.3 Å². The number of benzene rings is 4. The van der Waals surface area contributed by atoms with E-state index in [9.17, 15) is 39.0 Å². The molecule has 2 aliphatic heterocycles. The number of ether oxygens (including phenoxy) is 4. The molecule has 0 bridgehead atoms. The second-order valence-corrected chi connectivity index (χ2v) is 19.0. The van der Waals surface area contributed by atoms with Gasteiger partial charge in [0.2, 0.25) is 5.91 Å². The lowest BCUT2D eigenvalue weighted by Crippen LogP contribution is -2.41. The van der Waals surface area contributed by atoms with Gasteiger partial charge in [-0.2, -0.15) is 0 Å². The quantitative estimate of drug-likeness (QED) is 0.0317. The molecule has 0 aliphatic carbocycles. The third-order valence-electron chi connectivity index (χ3n) is 13.9. The van der Waals surface area contributed by atoms with Crippen LogP contribution in [0.2, 0.25) is 0 Å². The first-order valence-corrected chi connectivity index (χ1v) is 25.3. The number of primary amides is 2. The average molecular weight is 1070 g/mol. The van der Waals surface area contributed by atoms with Crippen molar-refractivity contribution < 1.29 is 57.9 Å². The number of carbonyl (C=O) groups excluding carboxylic acids is 6. The molecule has 0 spiro atoms. The number of nitrogens with zero attached hydrogens (tertiary/aromatic N) is 6. The van der Waals surface area contributed by atoms with Crippen LogP contribution >= 0.6 is 0 Å². The highest BCUT2D eigenvalue weighted by atomic mass is 16.5. The van der Waals surface area contributed by atoms with Crippen molar-refractivity contribution in [3.63, 3.8) is 0 Å². The van der Waals surface area contributed by atoms with Gasteiger partial charge in [0.25, 0.3) is 17.7 Å². The number of anilines is 4. The van der Waals surface area contributed by atoms with Gasteiger partial charge in [0, 0.05) is 73.9 Å². The molecule has 0 unspecified atom stereocenters. The lowest BCUT2D eigenvalue weighted by Gasteiger charge is -2.22. The van der Waals surface area contributed by atoms with Crippen LogP contribution in [-0.4, -0.2) is 142 Å². The van der Waals surface area contributed by atoms with Gasteiger partial charge in [-0.3, -0.25) is 38.9 Å². The molecule has 2 aromatic heterocycles. The van der Waals surface area contributed by atoms with E-state index in [2.05, 4.69) is 20.6 Å². The second-order valence-electron chi connectivity index (χ2n) is 19.0. The number of fused-ring (bicyclic) bond motifs is 2. The summed E-state index contributed by atoms with van der Waals surface area (Å²) in [4.78, 5) is 87.8. The number of likely N-dealkylation sites (N-methyl/N-ethyl adjacent to an activating group) is 2. The van der Waals surface area contributed by atoms with Crippen molar-refractivity contribution >= 4 is 80.2 Å². The molecule has 22 heteroatoms. The van der Waals surface area contributed by atoms with Crippen LogP contribution < -0.4 is 41.0 Å². The van der Waals surface area contributed by atoms with Gasteiger partial charge >= 0.3 is 12.1 Å². The lowest BCUT2D eigenvalue weighted by molar-refractivity contribution is -0.131. The minimum atomic E-state index is -0.877. The summed E-state index contributed by atoms with van der Waals surface area (Å²) in [7, 11) is 6.21. The Balaban J connectivity index is 0.000000226. The maximum Gasteiger partial charge on any atom is 0.327 e. The van der Waals surface area contributed by atoms with Crippen LogP contribution in [0, 0.1) is 0 Å². The Morgan fingerprint density at radius 1 is 0.667 bits per heavy atom. The monoisotopic (exact) mass is 1070 g/mol. The molecule has 0 radical (unpaired) electrons. The van der Waals surface area contributed by atoms with E-state index in [0.29, 0.717) is 81.9 Å². The molecule has 8 N–H and O–H groups in total. The molecule has 6 aromatic rings. The molecule has 412 valence electrons. The van der Waals surface area contributed by atoms with Gasteiger partial charge in [0.1, 0.15) is 12.1 Å². The molecule has 4 heterocycles. The number of imide groups is 2. The molecule has 4 aromatic carbocycles. The van der Waals surface area contributed by atoms with E-state index in [1.807, 2.05) is 50.2 Å². The Bertz CT molecular complexity index is 3290. The molecule has 22 nitrogen and oxygen atoms in total. The van der Waals surface area contributed by atoms with Gasteiger partial charge in [-0.25, -0.2) is 9.59 Å². The summed E-state index contributed by atoms with van der Waals surface area (Å²) < 4.78 is 23.1. The van der Waals surface area contributed by atoms with Crippen molar-refractivity contribution in [3.05, 3.63) is 106 Å². The fourth-order valence-electron chi connectivity index (χ4n) is 9.37. The number of hydrogen-bond donors (Lipinski definition) is 6. The highest BCUT2D eigenvalue weighted by molar-refractivity contribution is 6.10. The molecule has 2 saturated heterocycles. The van der Waals surface area contributed by atoms with Crippen LogP contribution in [0.3, 0.4) is 0 Å². The zero-order valence-electron chi connectivity index (χ0n) is 45.0. The van der Waals surface area contributed by atoms with Gasteiger partial charge in [-0.1, -0.05) is 38.1 Å². The third kappa shape index (κ3) is 11.6. The number of urea groups is 2. The summed E-state index contributed by atoms with van der Waals surface area (Å²) in [5, 5.41) is 27.4. The Labute approximate surface area is 451 Å². The van der Waals surface area contributed by atoms with Crippen LogP contribution in [0.1, 0.15) is 83.5 Å².